The van der Waals surface area contributed by atoms with Gasteiger partial charge in [-0.05, 0) is 37.3 Å². The fourth-order valence-electron chi connectivity index (χ4n) is 2.87. The van der Waals surface area contributed by atoms with Gasteiger partial charge in [-0.3, -0.25) is 0 Å². The van der Waals surface area contributed by atoms with Gasteiger partial charge >= 0.3 is 0 Å². The van der Waals surface area contributed by atoms with Crippen LogP contribution in [0.1, 0.15) is 19.3 Å². The molecule has 0 aromatic heterocycles. The van der Waals surface area contributed by atoms with E-state index >= 15 is 0 Å². The number of nitrogens with zero attached hydrogens (tertiary/aromatic N) is 1. The van der Waals surface area contributed by atoms with Gasteiger partial charge in [0.05, 0.1) is 17.9 Å². The Morgan fingerprint density at radius 1 is 1.37 bits per heavy atom. The largest absolute Gasteiger partial charge is 0.491 e. The normalized spacial score (nSPS) is 22.1. The predicted molar refractivity (Wildman–Crippen MR) is 75.5 cm³/mol. The van der Waals surface area contributed by atoms with E-state index in [4.69, 9.17) is 10.5 Å². The van der Waals surface area contributed by atoms with Gasteiger partial charge in [0, 0.05) is 19.6 Å². The summed E-state index contributed by atoms with van der Waals surface area (Å²) >= 11 is 0. The first-order chi connectivity index (χ1) is 9.23. The van der Waals surface area contributed by atoms with Crippen molar-refractivity contribution in [2.24, 2.45) is 11.7 Å². The summed E-state index contributed by atoms with van der Waals surface area (Å²) < 4.78 is 5.75. The van der Waals surface area contributed by atoms with E-state index in [-0.39, 0.29) is 0 Å². The first kappa shape index (κ1) is 12.8. The number of fused-ring (bicyclic) bond motifs is 1. The summed E-state index contributed by atoms with van der Waals surface area (Å²) in [7, 11) is 0. The summed E-state index contributed by atoms with van der Waals surface area (Å²) in [5, 5.41) is 10.7. The van der Waals surface area contributed by atoms with Crippen LogP contribution in [0.4, 0.5) is 5.69 Å². The molecule has 3 N–H and O–H groups in total. The van der Waals surface area contributed by atoms with Gasteiger partial charge in [0.1, 0.15) is 5.75 Å². The van der Waals surface area contributed by atoms with E-state index in [1.807, 2.05) is 18.2 Å². The molecule has 0 amide bonds. The van der Waals surface area contributed by atoms with Crippen LogP contribution < -0.4 is 15.4 Å². The fraction of sp³-hybridized carbons (Fsp3) is 0.600. The van der Waals surface area contributed by atoms with E-state index in [2.05, 4.69) is 11.0 Å². The smallest absolute Gasteiger partial charge is 0.142 e. The SMILES string of the molecule is NCC(O)(CN1CCCOc2ccccc21)C1CC1. The summed E-state index contributed by atoms with van der Waals surface area (Å²) in [6.45, 7) is 2.58. The van der Waals surface area contributed by atoms with Crippen LogP contribution in [-0.4, -0.2) is 36.9 Å². The number of ether oxygens (including phenoxy) is 1. The highest BCUT2D eigenvalue weighted by molar-refractivity contribution is 5.59. The molecule has 0 bridgehead atoms. The summed E-state index contributed by atoms with van der Waals surface area (Å²) in [4.78, 5) is 2.23. The molecule has 1 saturated carbocycles. The van der Waals surface area contributed by atoms with Gasteiger partial charge in [-0.2, -0.15) is 0 Å². The lowest BCUT2D eigenvalue weighted by atomic mass is 9.96. The molecule has 0 spiro atoms. The van der Waals surface area contributed by atoms with Crippen LogP contribution in [0.2, 0.25) is 0 Å². The molecule has 1 aliphatic carbocycles. The Morgan fingerprint density at radius 2 is 2.16 bits per heavy atom. The highest BCUT2D eigenvalue weighted by Crippen LogP contribution is 2.41. The first-order valence-corrected chi connectivity index (χ1v) is 7.12. The van der Waals surface area contributed by atoms with Crippen LogP contribution in [0.5, 0.6) is 5.75 Å². The van der Waals surface area contributed by atoms with E-state index < -0.39 is 5.60 Å². The molecule has 1 unspecified atom stereocenters. The Hall–Kier alpha value is -1.26. The summed E-state index contributed by atoms with van der Waals surface area (Å²) in [6, 6.07) is 8.05. The minimum Gasteiger partial charge on any atom is -0.491 e. The summed E-state index contributed by atoms with van der Waals surface area (Å²) in [5.41, 5.74) is 6.14. The molecule has 1 aromatic carbocycles. The molecule has 1 heterocycles. The van der Waals surface area contributed by atoms with Crippen LogP contribution >= 0.6 is 0 Å². The second-order valence-electron chi connectivity index (χ2n) is 5.67. The number of aliphatic hydroxyl groups is 1. The lowest BCUT2D eigenvalue weighted by Crippen LogP contribution is -2.50. The van der Waals surface area contributed by atoms with Crippen LogP contribution in [0.25, 0.3) is 0 Å². The molecule has 1 fully saturated rings. The number of rotatable bonds is 4. The van der Waals surface area contributed by atoms with Gasteiger partial charge < -0.3 is 20.5 Å². The molecule has 2 aliphatic rings. The third kappa shape index (κ3) is 2.55. The van der Waals surface area contributed by atoms with E-state index in [1.165, 1.54) is 0 Å². The highest BCUT2D eigenvalue weighted by atomic mass is 16.5. The van der Waals surface area contributed by atoms with Crippen molar-refractivity contribution < 1.29 is 9.84 Å². The van der Waals surface area contributed by atoms with Gasteiger partial charge in [-0.15, -0.1) is 0 Å². The third-order valence-corrected chi connectivity index (χ3v) is 4.19. The minimum atomic E-state index is -0.753. The lowest BCUT2D eigenvalue weighted by Gasteiger charge is -2.34. The molecule has 1 atom stereocenters. The number of para-hydroxylation sites is 2. The van der Waals surface area contributed by atoms with E-state index in [9.17, 15) is 5.11 Å². The Kier molecular flexibility index (Phi) is 3.37. The molecule has 19 heavy (non-hydrogen) atoms. The maximum atomic E-state index is 10.7. The Morgan fingerprint density at radius 3 is 2.89 bits per heavy atom. The maximum absolute atomic E-state index is 10.7. The van der Waals surface area contributed by atoms with Crippen molar-refractivity contribution in [3.63, 3.8) is 0 Å². The zero-order valence-electron chi connectivity index (χ0n) is 11.2. The van der Waals surface area contributed by atoms with Gasteiger partial charge in [-0.25, -0.2) is 0 Å². The van der Waals surface area contributed by atoms with Gasteiger partial charge in [0.2, 0.25) is 0 Å². The first-order valence-electron chi connectivity index (χ1n) is 7.12. The number of hydrogen-bond acceptors (Lipinski definition) is 4. The molecular formula is C15H22N2O2. The zero-order chi connectivity index (χ0) is 13.3. The standard InChI is InChI=1S/C15H22N2O2/c16-10-15(18,12-6-7-12)11-17-8-3-9-19-14-5-2-1-4-13(14)17/h1-2,4-5,12,18H,3,6-11,16H2. The zero-order valence-corrected chi connectivity index (χ0v) is 11.2. The van der Waals surface area contributed by atoms with Gasteiger partial charge in [0.25, 0.3) is 0 Å². The molecule has 0 saturated heterocycles. The van der Waals surface area contributed by atoms with Crippen molar-refractivity contribution in [1.29, 1.82) is 0 Å². The topological polar surface area (TPSA) is 58.7 Å². The molecule has 3 rings (SSSR count). The molecule has 104 valence electrons. The van der Waals surface area contributed by atoms with E-state index in [1.54, 1.807) is 0 Å². The number of hydrogen-bond donors (Lipinski definition) is 2. The lowest BCUT2D eigenvalue weighted by molar-refractivity contribution is 0.0334. The van der Waals surface area contributed by atoms with Crippen molar-refractivity contribution >= 4 is 5.69 Å². The van der Waals surface area contributed by atoms with Crippen molar-refractivity contribution in [1.82, 2.24) is 0 Å². The second kappa shape index (κ2) is 5.02. The number of β-amino-alcohol motifs (C(OH)–C–C–N with tert-alkyl or cyclic N) is 1. The second-order valence-corrected chi connectivity index (χ2v) is 5.67. The molecule has 0 radical (unpaired) electrons. The number of anilines is 1. The predicted octanol–water partition coefficient (Wildman–Crippen LogP) is 1.38. The average Bonchev–Trinajstić information content (AvgIpc) is 3.26. The molecule has 4 nitrogen and oxygen atoms in total. The van der Waals surface area contributed by atoms with Crippen molar-refractivity contribution in [3.05, 3.63) is 24.3 Å². The van der Waals surface area contributed by atoms with Crippen LogP contribution in [0.15, 0.2) is 24.3 Å². The monoisotopic (exact) mass is 262 g/mol. The maximum Gasteiger partial charge on any atom is 0.142 e. The van der Waals surface area contributed by atoms with E-state index in [0.29, 0.717) is 19.0 Å². The average molecular weight is 262 g/mol. The van der Waals surface area contributed by atoms with Gasteiger partial charge in [-0.1, -0.05) is 12.1 Å². The summed E-state index contributed by atoms with van der Waals surface area (Å²) in [6.07, 6.45) is 3.17. The van der Waals surface area contributed by atoms with Gasteiger partial charge in [0.15, 0.2) is 0 Å². The third-order valence-electron chi connectivity index (χ3n) is 4.19. The molecular weight excluding hydrogens is 240 g/mol. The number of benzene rings is 1. The molecule has 1 aliphatic heterocycles. The van der Waals surface area contributed by atoms with Crippen LogP contribution in [-0.2, 0) is 0 Å². The van der Waals surface area contributed by atoms with Crippen LogP contribution in [0, 0.1) is 5.92 Å². The summed E-state index contributed by atoms with van der Waals surface area (Å²) in [5.74, 6) is 1.28. The van der Waals surface area contributed by atoms with Crippen molar-refractivity contribution in [3.8, 4) is 5.75 Å². The number of nitrogens with two attached hydrogens (primary N) is 1. The minimum absolute atomic E-state index is 0.331. The Bertz CT molecular complexity index is 448. The molecule has 1 aromatic rings. The fourth-order valence-corrected chi connectivity index (χ4v) is 2.87. The van der Waals surface area contributed by atoms with E-state index in [0.717, 1.165) is 43.9 Å². The molecule has 4 heteroatoms. The van der Waals surface area contributed by atoms with Crippen LogP contribution in [0.3, 0.4) is 0 Å². The Balaban J connectivity index is 1.83. The quantitative estimate of drug-likeness (QED) is 0.860. The highest BCUT2D eigenvalue weighted by Gasteiger charge is 2.44. The van der Waals surface area contributed by atoms with Crippen molar-refractivity contribution in [2.75, 3.05) is 31.1 Å². The Labute approximate surface area is 114 Å². The van der Waals surface area contributed by atoms with Crippen molar-refractivity contribution in [2.45, 2.75) is 24.9 Å².